The number of anilines is 1. The molecule has 8 nitrogen and oxygen atoms in total. The Balaban J connectivity index is 1.85. The maximum Gasteiger partial charge on any atom is 0.339 e. The number of carbonyl (C=O) groups excluding carboxylic acids is 1. The molecule has 0 spiro atoms. The van der Waals surface area contributed by atoms with Crippen molar-refractivity contribution in [2.24, 2.45) is 0 Å². The molecule has 10 heteroatoms. The van der Waals surface area contributed by atoms with Crippen LogP contribution in [-0.2, 0) is 14.9 Å². The predicted octanol–water partition coefficient (Wildman–Crippen LogP) is 5.01. The highest BCUT2D eigenvalue weighted by Gasteiger charge is 2.22. The van der Waals surface area contributed by atoms with Crippen LogP contribution in [0.2, 0.25) is 0 Å². The second kappa shape index (κ2) is 11.7. The van der Waals surface area contributed by atoms with Gasteiger partial charge in [-0.1, -0.05) is 18.2 Å². The number of nitrogens with zero attached hydrogens (tertiary/aromatic N) is 1. The van der Waals surface area contributed by atoms with E-state index in [4.69, 9.17) is 13.7 Å². The minimum Gasteiger partial charge on any atom is -0.494 e. The third kappa shape index (κ3) is 6.74. The van der Waals surface area contributed by atoms with Crippen molar-refractivity contribution < 1.29 is 26.9 Å². The monoisotopic (exact) mass is 604 g/mol. The van der Waals surface area contributed by atoms with Crippen LogP contribution in [0.4, 0.5) is 5.69 Å². The zero-order chi connectivity index (χ0) is 25.4. The molecule has 1 N–H and O–H groups in total. The zero-order valence-corrected chi connectivity index (χ0v) is 21.8. The number of carbonyl (C=O) groups is 1. The number of rotatable bonds is 9. The van der Waals surface area contributed by atoms with E-state index in [1.165, 1.54) is 31.4 Å². The van der Waals surface area contributed by atoms with E-state index in [-0.39, 0.29) is 22.0 Å². The number of nitrogens with one attached hydrogen (secondary N) is 1. The van der Waals surface area contributed by atoms with Crippen molar-refractivity contribution >= 4 is 50.4 Å². The Morgan fingerprint density at radius 2 is 1.80 bits per heavy atom. The third-order valence-corrected chi connectivity index (χ3v) is 6.61. The van der Waals surface area contributed by atoms with Crippen molar-refractivity contribution in [3.63, 3.8) is 0 Å². The van der Waals surface area contributed by atoms with E-state index in [0.29, 0.717) is 27.2 Å². The molecule has 0 aliphatic heterocycles. The number of hydrogen-bond donors (Lipinski definition) is 1. The molecule has 1 amide bonds. The Labute approximate surface area is 217 Å². The summed E-state index contributed by atoms with van der Waals surface area (Å²) < 4.78 is 41.8. The van der Waals surface area contributed by atoms with Crippen molar-refractivity contribution in [1.82, 2.24) is 0 Å². The molecule has 0 radical (unpaired) electrons. The van der Waals surface area contributed by atoms with E-state index in [2.05, 4.69) is 5.32 Å². The van der Waals surface area contributed by atoms with Gasteiger partial charge < -0.3 is 19.0 Å². The first kappa shape index (κ1) is 26.1. The van der Waals surface area contributed by atoms with Crippen LogP contribution in [0.1, 0.15) is 12.5 Å². The molecular weight excluding hydrogens is 583 g/mol. The zero-order valence-electron chi connectivity index (χ0n) is 18.8. The van der Waals surface area contributed by atoms with E-state index in [1.54, 1.807) is 48.5 Å². The SMILES string of the molecule is CCOc1ccc(NC(=O)/C(C#N)=C/c2cc(I)c(OS(=O)(=O)c3ccccc3)c(OC)c2)cc1. The van der Waals surface area contributed by atoms with Crippen LogP contribution < -0.4 is 19.0 Å². The molecule has 35 heavy (non-hydrogen) atoms. The van der Waals surface area contributed by atoms with Crippen molar-refractivity contribution in [1.29, 1.82) is 5.26 Å². The average Bonchev–Trinajstić information content (AvgIpc) is 2.85. The van der Waals surface area contributed by atoms with Crippen LogP contribution in [0.3, 0.4) is 0 Å². The van der Waals surface area contributed by atoms with Gasteiger partial charge in [-0.15, -0.1) is 0 Å². The summed E-state index contributed by atoms with van der Waals surface area (Å²) in [5.41, 5.74) is 0.804. The normalized spacial score (nSPS) is 11.3. The molecule has 0 bridgehead atoms. The Morgan fingerprint density at radius 3 is 2.40 bits per heavy atom. The van der Waals surface area contributed by atoms with Gasteiger partial charge in [-0.25, -0.2) is 0 Å². The van der Waals surface area contributed by atoms with E-state index >= 15 is 0 Å². The van der Waals surface area contributed by atoms with Gasteiger partial charge in [0.25, 0.3) is 5.91 Å². The number of hydrogen-bond acceptors (Lipinski definition) is 7. The predicted molar refractivity (Wildman–Crippen MR) is 140 cm³/mol. The standard InChI is InChI=1S/C25H21IN2O6S/c1-3-33-20-11-9-19(10-12-20)28-25(29)18(16-27)13-17-14-22(26)24(23(15-17)32-2)34-35(30,31)21-7-5-4-6-8-21/h4-15H,3H2,1-2H3,(H,28,29)/b18-13+. The van der Waals surface area contributed by atoms with E-state index in [0.717, 1.165) is 0 Å². The summed E-state index contributed by atoms with van der Waals surface area (Å²) in [6, 6.07) is 19.5. The number of amides is 1. The number of nitriles is 1. The van der Waals surface area contributed by atoms with Gasteiger partial charge in [-0.3, -0.25) is 4.79 Å². The van der Waals surface area contributed by atoms with Crippen LogP contribution in [0.5, 0.6) is 17.2 Å². The van der Waals surface area contributed by atoms with Crippen molar-refractivity contribution in [2.75, 3.05) is 19.0 Å². The minimum absolute atomic E-state index is 0.000414. The fourth-order valence-electron chi connectivity index (χ4n) is 2.96. The highest BCUT2D eigenvalue weighted by Crippen LogP contribution is 2.36. The summed E-state index contributed by atoms with van der Waals surface area (Å²) in [7, 11) is -2.72. The van der Waals surface area contributed by atoms with Gasteiger partial charge >= 0.3 is 10.1 Å². The number of halogens is 1. The largest absolute Gasteiger partial charge is 0.494 e. The highest BCUT2D eigenvalue weighted by atomic mass is 127. The molecular formula is C25H21IN2O6S. The third-order valence-electron chi connectivity index (χ3n) is 4.58. The fourth-order valence-corrected chi connectivity index (χ4v) is 4.83. The van der Waals surface area contributed by atoms with Crippen LogP contribution in [0, 0.1) is 14.9 Å². The first-order valence-corrected chi connectivity index (χ1v) is 12.8. The summed E-state index contributed by atoms with van der Waals surface area (Å²) in [5.74, 6) is 0.204. The summed E-state index contributed by atoms with van der Waals surface area (Å²) in [4.78, 5) is 12.6. The molecule has 0 unspecified atom stereocenters. The molecule has 0 saturated carbocycles. The molecule has 0 aliphatic rings. The van der Waals surface area contributed by atoms with Crippen LogP contribution in [0.15, 0.2) is 77.2 Å². The lowest BCUT2D eigenvalue weighted by Crippen LogP contribution is -2.13. The number of ether oxygens (including phenoxy) is 2. The smallest absolute Gasteiger partial charge is 0.339 e. The van der Waals surface area contributed by atoms with Gasteiger partial charge in [0, 0.05) is 5.69 Å². The van der Waals surface area contributed by atoms with Crippen molar-refractivity contribution in [3.05, 3.63) is 81.4 Å². The van der Waals surface area contributed by atoms with Gasteiger partial charge in [-0.2, -0.15) is 13.7 Å². The highest BCUT2D eigenvalue weighted by molar-refractivity contribution is 14.1. The Bertz CT molecular complexity index is 1380. The molecule has 0 fully saturated rings. The molecule has 3 aromatic rings. The lowest BCUT2D eigenvalue weighted by molar-refractivity contribution is -0.112. The molecule has 3 rings (SSSR count). The lowest BCUT2D eigenvalue weighted by Gasteiger charge is -2.13. The molecule has 0 heterocycles. The van der Waals surface area contributed by atoms with Crippen molar-refractivity contribution in [3.8, 4) is 23.3 Å². The fraction of sp³-hybridized carbons (Fsp3) is 0.120. The molecule has 0 saturated heterocycles. The Morgan fingerprint density at radius 1 is 1.11 bits per heavy atom. The second-order valence-electron chi connectivity index (χ2n) is 6.97. The van der Waals surface area contributed by atoms with Gasteiger partial charge in [0.15, 0.2) is 11.5 Å². The summed E-state index contributed by atoms with van der Waals surface area (Å²) in [6.45, 7) is 2.40. The quantitative estimate of drug-likeness (QED) is 0.158. The minimum atomic E-state index is -4.09. The van der Waals surface area contributed by atoms with Crippen LogP contribution in [0.25, 0.3) is 6.08 Å². The summed E-state index contributed by atoms with van der Waals surface area (Å²) in [5, 5.41) is 12.2. The van der Waals surface area contributed by atoms with Gasteiger partial charge in [0.2, 0.25) is 0 Å². The van der Waals surface area contributed by atoms with Gasteiger partial charge in [0.1, 0.15) is 22.3 Å². The number of methoxy groups -OCH3 is 1. The molecule has 0 aromatic heterocycles. The Hall–Kier alpha value is -3.56. The van der Waals surface area contributed by atoms with E-state index < -0.39 is 16.0 Å². The number of benzene rings is 3. The topological polar surface area (TPSA) is 115 Å². The van der Waals surface area contributed by atoms with Crippen LogP contribution >= 0.6 is 22.6 Å². The van der Waals surface area contributed by atoms with E-state index in [1.807, 2.05) is 35.6 Å². The first-order chi connectivity index (χ1) is 16.8. The van der Waals surface area contributed by atoms with E-state index in [9.17, 15) is 18.5 Å². The lowest BCUT2D eigenvalue weighted by atomic mass is 10.1. The van der Waals surface area contributed by atoms with Gasteiger partial charge in [-0.05, 0) is 89.7 Å². The molecule has 0 atom stereocenters. The average molecular weight is 604 g/mol. The Kier molecular flexibility index (Phi) is 8.73. The maximum atomic E-state index is 12.7. The summed E-state index contributed by atoms with van der Waals surface area (Å²) >= 11 is 1.90. The van der Waals surface area contributed by atoms with Gasteiger partial charge in [0.05, 0.1) is 17.3 Å². The second-order valence-corrected chi connectivity index (χ2v) is 9.67. The van der Waals surface area contributed by atoms with Crippen molar-refractivity contribution in [2.45, 2.75) is 11.8 Å². The molecule has 180 valence electrons. The maximum absolute atomic E-state index is 12.7. The summed E-state index contributed by atoms with van der Waals surface area (Å²) in [6.07, 6.45) is 1.38. The first-order valence-electron chi connectivity index (χ1n) is 10.3. The van der Waals surface area contributed by atoms with Crippen LogP contribution in [-0.4, -0.2) is 28.0 Å². The molecule has 3 aromatic carbocycles. The molecule has 0 aliphatic carbocycles.